The van der Waals surface area contributed by atoms with Crippen LogP contribution in [0.3, 0.4) is 0 Å². The first-order valence-electron chi connectivity index (χ1n) is 12.6. The minimum atomic E-state index is 0.276. The summed E-state index contributed by atoms with van der Waals surface area (Å²) in [6.45, 7) is 3.72. The van der Waals surface area contributed by atoms with Crippen molar-refractivity contribution in [2.75, 3.05) is 13.2 Å². The monoisotopic (exact) mass is 482 g/mol. The van der Waals surface area contributed by atoms with Gasteiger partial charge in [-0.2, -0.15) is 0 Å². The van der Waals surface area contributed by atoms with Crippen molar-refractivity contribution >= 4 is 0 Å². The quantitative estimate of drug-likeness (QED) is 0.200. The molecule has 0 aromatic heterocycles. The number of phenols is 2. The second-order valence-corrected chi connectivity index (χ2v) is 9.23. The molecule has 4 aromatic rings. The fourth-order valence-corrected chi connectivity index (χ4v) is 4.18. The molecule has 2 N–H and O–H groups in total. The maximum Gasteiger partial charge on any atom is 0.119 e. The Labute approximate surface area is 213 Å². The van der Waals surface area contributed by atoms with Crippen LogP contribution in [-0.2, 0) is 0 Å². The Bertz CT molecular complexity index is 1080. The van der Waals surface area contributed by atoms with Crippen LogP contribution in [0.5, 0.6) is 23.0 Å². The van der Waals surface area contributed by atoms with Crippen molar-refractivity contribution in [3.8, 4) is 45.3 Å². The minimum absolute atomic E-state index is 0.276. The lowest BCUT2D eigenvalue weighted by Crippen LogP contribution is -2.04. The van der Waals surface area contributed by atoms with Crippen LogP contribution in [0.15, 0.2) is 97.1 Å². The van der Waals surface area contributed by atoms with Crippen molar-refractivity contribution < 1.29 is 19.7 Å². The zero-order valence-electron chi connectivity index (χ0n) is 20.8. The molecule has 0 unspecified atom stereocenters. The van der Waals surface area contributed by atoms with E-state index >= 15 is 0 Å². The van der Waals surface area contributed by atoms with Crippen LogP contribution < -0.4 is 9.47 Å². The molecule has 0 spiro atoms. The number of rotatable bonds is 12. The summed E-state index contributed by atoms with van der Waals surface area (Å²) < 4.78 is 11.8. The zero-order chi connectivity index (χ0) is 25.2. The van der Waals surface area contributed by atoms with Crippen molar-refractivity contribution in [3.05, 3.63) is 97.1 Å². The summed E-state index contributed by atoms with van der Waals surface area (Å²) in [5.74, 6) is 2.95. The van der Waals surface area contributed by atoms with Crippen molar-refractivity contribution in [1.82, 2.24) is 0 Å². The standard InChI is InChI=1S/C32H34O4/c1-24(4-2-22-35-31-18-10-27(11-19-31)25-6-14-29(33)15-7-25)5-3-23-36-32-20-12-28(13-21-32)26-8-16-30(34)17-9-26/h6-21,24,33-34H,2-5,22-23H2,1H3. The van der Waals surface area contributed by atoms with Gasteiger partial charge in [0, 0.05) is 0 Å². The Morgan fingerprint density at radius 2 is 0.806 bits per heavy atom. The molecule has 0 bridgehead atoms. The molecule has 36 heavy (non-hydrogen) atoms. The molecular formula is C32H34O4. The maximum atomic E-state index is 9.43. The number of phenolic OH excluding ortho intramolecular Hbond substituents is 2. The summed E-state index contributed by atoms with van der Waals surface area (Å²) in [6.07, 6.45) is 4.32. The molecule has 0 heterocycles. The number of hydrogen-bond donors (Lipinski definition) is 2. The van der Waals surface area contributed by atoms with Crippen LogP contribution >= 0.6 is 0 Å². The molecular weight excluding hydrogens is 448 g/mol. The van der Waals surface area contributed by atoms with Crippen molar-refractivity contribution in [1.29, 1.82) is 0 Å². The molecule has 0 atom stereocenters. The van der Waals surface area contributed by atoms with Crippen LogP contribution in [0.2, 0.25) is 0 Å². The number of benzene rings is 4. The minimum Gasteiger partial charge on any atom is -0.508 e. The van der Waals surface area contributed by atoms with Crippen LogP contribution in [0.1, 0.15) is 32.6 Å². The smallest absolute Gasteiger partial charge is 0.119 e. The van der Waals surface area contributed by atoms with E-state index in [1.165, 1.54) is 0 Å². The van der Waals surface area contributed by atoms with Crippen LogP contribution in [0, 0.1) is 5.92 Å². The van der Waals surface area contributed by atoms with Gasteiger partial charge in [0.1, 0.15) is 23.0 Å². The predicted octanol–water partition coefficient (Wildman–Crippen LogP) is 8.09. The third-order valence-corrected chi connectivity index (χ3v) is 6.33. The molecule has 0 amide bonds. The molecule has 0 saturated carbocycles. The fraction of sp³-hybridized carbons (Fsp3) is 0.250. The molecule has 4 heteroatoms. The Hall–Kier alpha value is -3.92. The van der Waals surface area contributed by atoms with E-state index < -0.39 is 0 Å². The highest BCUT2D eigenvalue weighted by molar-refractivity contribution is 5.65. The van der Waals surface area contributed by atoms with Gasteiger partial charge in [-0.25, -0.2) is 0 Å². The topological polar surface area (TPSA) is 58.9 Å². The first-order chi connectivity index (χ1) is 17.6. The summed E-state index contributed by atoms with van der Waals surface area (Å²) in [5.41, 5.74) is 4.35. The van der Waals surface area contributed by atoms with Gasteiger partial charge in [0.05, 0.1) is 13.2 Å². The highest BCUT2D eigenvalue weighted by Crippen LogP contribution is 2.26. The Balaban J connectivity index is 1.09. The number of hydrogen-bond acceptors (Lipinski definition) is 4. The summed E-state index contributed by atoms with van der Waals surface area (Å²) in [4.78, 5) is 0. The predicted molar refractivity (Wildman–Crippen MR) is 146 cm³/mol. The van der Waals surface area contributed by atoms with Crippen LogP contribution in [-0.4, -0.2) is 23.4 Å². The molecule has 0 aliphatic carbocycles. The molecule has 0 radical (unpaired) electrons. The average molecular weight is 483 g/mol. The highest BCUT2D eigenvalue weighted by Gasteiger charge is 2.05. The van der Waals surface area contributed by atoms with Gasteiger partial charge in [-0.05, 0) is 102 Å². The molecule has 0 aliphatic heterocycles. The third-order valence-electron chi connectivity index (χ3n) is 6.33. The van der Waals surface area contributed by atoms with Crippen molar-refractivity contribution in [2.45, 2.75) is 32.6 Å². The largest absolute Gasteiger partial charge is 0.508 e. The SMILES string of the molecule is CC(CCCOc1ccc(-c2ccc(O)cc2)cc1)CCCOc1ccc(-c2ccc(O)cc2)cc1. The lowest BCUT2D eigenvalue weighted by Gasteiger charge is -2.13. The zero-order valence-corrected chi connectivity index (χ0v) is 20.8. The van der Waals surface area contributed by atoms with Gasteiger partial charge in [-0.3, -0.25) is 0 Å². The van der Waals surface area contributed by atoms with E-state index in [9.17, 15) is 10.2 Å². The summed E-state index contributed by atoms with van der Waals surface area (Å²) in [7, 11) is 0. The van der Waals surface area contributed by atoms with Crippen molar-refractivity contribution in [2.24, 2.45) is 5.92 Å². The molecule has 4 nitrogen and oxygen atoms in total. The number of ether oxygens (including phenoxy) is 2. The van der Waals surface area contributed by atoms with Gasteiger partial charge in [0.15, 0.2) is 0 Å². The Morgan fingerprint density at radius 3 is 1.14 bits per heavy atom. The molecule has 0 aliphatic rings. The van der Waals surface area contributed by atoms with E-state index in [-0.39, 0.29) is 11.5 Å². The van der Waals surface area contributed by atoms with E-state index in [1.54, 1.807) is 24.3 Å². The molecule has 0 fully saturated rings. The van der Waals surface area contributed by atoms with Gasteiger partial charge in [0.25, 0.3) is 0 Å². The van der Waals surface area contributed by atoms with E-state index in [1.807, 2.05) is 72.8 Å². The average Bonchev–Trinajstić information content (AvgIpc) is 2.91. The van der Waals surface area contributed by atoms with Gasteiger partial charge in [-0.1, -0.05) is 55.5 Å². The van der Waals surface area contributed by atoms with Gasteiger partial charge in [-0.15, -0.1) is 0 Å². The lowest BCUT2D eigenvalue weighted by atomic mass is 10.0. The van der Waals surface area contributed by atoms with E-state index in [2.05, 4.69) is 6.92 Å². The van der Waals surface area contributed by atoms with Crippen LogP contribution in [0.4, 0.5) is 0 Å². The van der Waals surface area contributed by atoms with Gasteiger partial charge >= 0.3 is 0 Å². The van der Waals surface area contributed by atoms with E-state index in [4.69, 9.17) is 9.47 Å². The normalized spacial score (nSPS) is 10.9. The summed E-state index contributed by atoms with van der Waals surface area (Å²) in [6, 6.07) is 30.6. The van der Waals surface area contributed by atoms with E-state index in [0.717, 1.165) is 59.4 Å². The molecule has 4 rings (SSSR count). The molecule has 0 saturated heterocycles. The Kier molecular flexibility index (Phi) is 8.87. The fourth-order valence-electron chi connectivity index (χ4n) is 4.18. The molecule has 4 aromatic carbocycles. The second kappa shape index (κ2) is 12.7. The van der Waals surface area contributed by atoms with Crippen LogP contribution in [0.25, 0.3) is 22.3 Å². The first-order valence-corrected chi connectivity index (χ1v) is 12.6. The van der Waals surface area contributed by atoms with Crippen molar-refractivity contribution in [3.63, 3.8) is 0 Å². The summed E-state index contributed by atoms with van der Waals surface area (Å²) >= 11 is 0. The third kappa shape index (κ3) is 7.54. The molecule has 186 valence electrons. The van der Waals surface area contributed by atoms with Gasteiger partial charge in [0.2, 0.25) is 0 Å². The Morgan fingerprint density at radius 1 is 0.500 bits per heavy atom. The lowest BCUT2D eigenvalue weighted by molar-refractivity contribution is 0.274. The van der Waals surface area contributed by atoms with Gasteiger partial charge < -0.3 is 19.7 Å². The second-order valence-electron chi connectivity index (χ2n) is 9.23. The summed E-state index contributed by atoms with van der Waals surface area (Å²) in [5, 5.41) is 18.9. The maximum absolute atomic E-state index is 9.43. The first kappa shape index (κ1) is 25.2. The highest BCUT2D eigenvalue weighted by atomic mass is 16.5. The van der Waals surface area contributed by atoms with E-state index in [0.29, 0.717) is 19.1 Å². The number of aromatic hydroxyl groups is 2.